The van der Waals surface area contributed by atoms with Gasteiger partial charge < -0.3 is 10.5 Å². The Hall–Kier alpha value is -1.54. The van der Waals surface area contributed by atoms with Crippen molar-refractivity contribution in [2.45, 2.75) is 43.8 Å². The van der Waals surface area contributed by atoms with Gasteiger partial charge in [-0.1, -0.05) is 55.7 Å². The first-order valence-electron chi connectivity index (χ1n) is 8.42. The fraction of sp³-hybridized carbons (Fsp3) is 0.389. The zero-order valence-electron chi connectivity index (χ0n) is 15.4. The highest BCUT2D eigenvalue weighted by Gasteiger charge is 2.14. The lowest BCUT2D eigenvalue weighted by Crippen LogP contribution is -2.11. The number of nitrogen functional groups attached to an aromatic ring is 1. The van der Waals surface area contributed by atoms with Crippen LogP contribution in [-0.4, -0.2) is 26.1 Å². The SMILES string of the molecule is CC(C)(C)CCOCn1c(Cl)cc2nc(Sc3ccnc(N)c3Cl)cnc21. The molecule has 0 radical (unpaired) electrons. The summed E-state index contributed by atoms with van der Waals surface area (Å²) in [6, 6.07) is 3.57. The van der Waals surface area contributed by atoms with Gasteiger partial charge >= 0.3 is 0 Å². The molecule has 0 aliphatic heterocycles. The van der Waals surface area contributed by atoms with Gasteiger partial charge in [-0.3, -0.25) is 4.57 Å². The van der Waals surface area contributed by atoms with Crippen molar-refractivity contribution in [1.82, 2.24) is 19.5 Å². The van der Waals surface area contributed by atoms with Crippen LogP contribution in [0.4, 0.5) is 5.82 Å². The topological polar surface area (TPSA) is 78.8 Å². The average molecular weight is 426 g/mol. The average Bonchev–Trinajstić information content (AvgIpc) is 2.89. The van der Waals surface area contributed by atoms with E-state index in [0.717, 1.165) is 11.3 Å². The number of hydrogen-bond donors (Lipinski definition) is 1. The highest BCUT2D eigenvalue weighted by Crippen LogP contribution is 2.35. The fourth-order valence-electron chi connectivity index (χ4n) is 2.32. The molecule has 0 aromatic carbocycles. The van der Waals surface area contributed by atoms with E-state index in [1.165, 1.54) is 11.8 Å². The standard InChI is InChI=1S/C18H21Cl2N5OS/c1-18(2,3)5-7-26-10-25-13(19)8-11-17(25)23-9-14(24-11)27-12-4-6-22-16(21)15(12)20/h4,6,8-9H,5,7,10H2,1-3H3,(H2,21,22). The maximum Gasteiger partial charge on any atom is 0.161 e. The number of ether oxygens (including phenoxy) is 1. The molecule has 9 heteroatoms. The second-order valence-electron chi connectivity index (χ2n) is 7.27. The van der Waals surface area contributed by atoms with Crippen molar-refractivity contribution in [3.63, 3.8) is 0 Å². The normalized spacial score (nSPS) is 12.0. The number of pyridine rings is 1. The smallest absolute Gasteiger partial charge is 0.161 e. The Morgan fingerprint density at radius 3 is 2.78 bits per heavy atom. The van der Waals surface area contributed by atoms with Gasteiger partial charge in [0.25, 0.3) is 0 Å². The van der Waals surface area contributed by atoms with Crippen LogP contribution in [0.25, 0.3) is 11.2 Å². The van der Waals surface area contributed by atoms with Crippen molar-refractivity contribution in [3.05, 3.63) is 34.7 Å². The molecule has 0 unspecified atom stereocenters. The van der Waals surface area contributed by atoms with Crippen LogP contribution in [0, 0.1) is 5.41 Å². The number of fused-ring (bicyclic) bond motifs is 1. The Morgan fingerprint density at radius 2 is 2.04 bits per heavy atom. The lowest BCUT2D eigenvalue weighted by Gasteiger charge is -2.18. The molecule has 3 rings (SSSR count). The third-order valence-electron chi connectivity index (χ3n) is 3.84. The number of nitrogens with two attached hydrogens (primary N) is 1. The molecule has 0 amide bonds. The lowest BCUT2D eigenvalue weighted by atomic mass is 9.93. The molecular weight excluding hydrogens is 405 g/mol. The van der Waals surface area contributed by atoms with E-state index in [1.807, 2.05) is 0 Å². The third-order valence-corrected chi connectivity index (χ3v) is 5.63. The maximum atomic E-state index is 6.35. The second kappa shape index (κ2) is 8.22. The highest BCUT2D eigenvalue weighted by atomic mass is 35.5. The van der Waals surface area contributed by atoms with Crippen molar-refractivity contribution < 1.29 is 4.74 Å². The molecule has 144 valence electrons. The van der Waals surface area contributed by atoms with Gasteiger partial charge in [0.15, 0.2) is 5.65 Å². The number of hydrogen-bond acceptors (Lipinski definition) is 6. The molecule has 27 heavy (non-hydrogen) atoms. The van der Waals surface area contributed by atoms with Crippen LogP contribution >= 0.6 is 35.0 Å². The summed E-state index contributed by atoms with van der Waals surface area (Å²) in [6.07, 6.45) is 4.26. The molecule has 0 spiro atoms. The van der Waals surface area contributed by atoms with E-state index >= 15 is 0 Å². The van der Waals surface area contributed by atoms with Crippen molar-refractivity contribution in [3.8, 4) is 0 Å². The van der Waals surface area contributed by atoms with E-state index in [-0.39, 0.29) is 11.2 Å². The summed E-state index contributed by atoms with van der Waals surface area (Å²) in [4.78, 5) is 13.8. The number of halogens is 2. The van der Waals surface area contributed by atoms with Crippen molar-refractivity contribution in [1.29, 1.82) is 0 Å². The van der Waals surface area contributed by atoms with Gasteiger partial charge in [-0.2, -0.15) is 0 Å². The van der Waals surface area contributed by atoms with E-state index in [4.69, 9.17) is 33.7 Å². The number of rotatable bonds is 6. The van der Waals surface area contributed by atoms with Gasteiger partial charge in [0, 0.05) is 23.8 Å². The van der Waals surface area contributed by atoms with E-state index in [9.17, 15) is 0 Å². The Morgan fingerprint density at radius 1 is 1.26 bits per heavy atom. The molecule has 3 aromatic rings. The summed E-state index contributed by atoms with van der Waals surface area (Å²) in [7, 11) is 0. The minimum atomic E-state index is 0.228. The molecule has 0 aliphatic carbocycles. The summed E-state index contributed by atoms with van der Waals surface area (Å²) in [6.45, 7) is 7.54. The number of anilines is 1. The largest absolute Gasteiger partial charge is 0.382 e. The summed E-state index contributed by atoms with van der Waals surface area (Å²) < 4.78 is 7.57. The van der Waals surface area contributed by atoms with Crippen LogP contribution in [0.1, 0.15) is 27.2 Å². The lowest BCUT2D eigenvalue weighted by molar-refractivity contribution is 0.0611. The van der Waals surface area contributed by atoms with Gasteiger partial charge in [-0.05, 0) is 17.9 Å². The van der Waals surface area contributed by atoms with Crippen LogP contribution < -0.4 is 5.73 Å². The molecule has 0 aliphatic rings. The predicted octanol–water partition coefficient (Wildman–Crippen LogP) is 5.28. The van der Waals surface area contributed by atoms with E-state index in [2.05, 4.69) is 35.7 Å². The predicted molar refractivity (Wildman–Crippen MR) is 110 cm³/mol. The van der Waals surface area contributed by atoms with Crippen LogP contribution in [0.5, 0.6) is 0 Å². The quantitative estimate of drug-likeness (QED) is 0.541. The molecule has 0 bridgehead atoms. The Labute approximate surface area is 172 Å². The molecule has 0 saturated carbocycles. The first-order chi connectivity index (χ1) is 12.7. The maximum absolute atomic E-state index is 6.35. The van der Waals surface area contributed by atoms with E-state index in [1.54, 1.807) is 29.1 Å². The highest BCUT2D eigenvalue weighted by molar-refractivity contribution is 7.99. The summed E-state index contributed by atoms with van der Waals surface area (Å²) >= 11 is 13.9. The van der Waals surface area contributed by atoms with Crippen molar-refractivity contribution in [2.24, 2.45) is 5.41 Å². The van der Waals surface area contributed by atoms with Gasteiger partial charge in [0.05, 0.1) is 11.2 Å². The van der Waals surface area contributed by atoms with E-state index < -0.39 is 0 Å². The van der Waals surface area contributed by atoms with E-state index in [0.29, 0.717) is 39.7 Å². The van der Waals surface area contributed by atoms with Crippen LogP contribution in [0.15, 0.2) is 34.4 Å². The van der Waals surface area contributed by atoms with Crippen LogP contribution in [-0.2, 0) is 11.5 Å². The van der Waals surface area contributed by atoms with Crippen LogP contribution in [0.3, 0.4) is 0 Å². The molecule has 6 nitrogen and oxygen atoms in total. The molecule has 0 fully saturated rings. The molecule has 0 saturated heterocycles. The second-order valence-corrected chi connectivity index (χ2v) is 9.10. The minimum absolute atomic E-state index is 0.228. The Kier molecular flexibility index (Phi) is 6.15. The molecular formula is C18H21Cl2N5OS. The van der Waals surface area contributed by atoms with Crippen LogP contribution in [0.2, 0.25) is 10.2 Å². The molecule has 0 atom stereocenters. The fourth-order valence-corrected chi connectivity index (χ4v) is 3.57. The van der Waals surface area contributed by atoms with Gasteiger partial charge in [-0.15, -0.1) is 0 Å². The molecule has 3 heterocycles. The van der Waals surface area contributed by atoms with Gasteiger partial charge in [0.1, 0.15) is 28.2 Å². The summed E-state index contributed by atoms with van der Waals surface area (Å²) in [5.74, 6) is 0.289. The number of nitrogens with zero attached hydrogens (tertiary/aromatic N) is 4. The first-order valence-corrected chi connectivity index (χ1v) is 9.99. The third kappa shape index (κ3) is 5.04. The zero-order chi connectivity index (χ0) is 19.6. The Balaban J connectivity index is 1.76. The van der Waals surface area contributed by atoms with Gasteiger partial charge in [-0.25, -0.2) is 15.0 Å². The molecule has 3 aromatic heterocycles. The van der Waals surface area contributed by atoms with Gasteiger partial charge in [0.2, 0.25) is 0 Å². The first kappa shape index (κ1) is 20.2. The monoisotopic (exact) mass is 425 g/mol. The molecule has 2 N–H and O–H groups in total. The zero-order valence-corrected chi connectivity index (χ0v) is 17.7. The Bertz CT molecular complexity index is 955. The minimum Gasteiger partial charge on any atom is -0.382 e. The van der Waals surface area contributed by atoms with Crippen molar-refractivity contribution in [2.75, 3.05) is 12.3 Å². The van der Waals surface area contributed by atoms with Crippen molar-refractivity contribution >= 4 is 51.9 Å². The number of aromatic nitrogens is 4. The summed E-state index contributed by atoms with van der Waals surface area (Å²) in [5.41, 5.74) is 7.35. The summed E-state index contributed by atoms with van der Waals surface area (Å²) in [5, 5.41) is 1.64.